The molecule has 0 radical (unpaired) electrons. The van der Waals surface area contributed by atoms with Crippen molar-refractivity contribution in [3.8, 4) is 17.3 Å². The average Bonchev–Trinajstić information content (AvgIpc) is 2.95. The van der Waals surface area contributed by atoms with E-state index in [1.54, 1.807) is 19.2 Å². The first-order valence-corrected chi connectivity index (χ1v) is 6.69. The molecule has 0 unspecified atom stereocenters. The molecule has 3 aromatic heterocycles. The molecule has 8 heteroatoms. The van der Waals surface area contributed by atoms with Crippen molar-refractivity contribution in [3.63, 3.8) is 0 Å². The number of ether oxygens (including phenoxy) is 1. The lowest BCUT2D eigenvalue weighted by Crippen LogP contribution is -2.02. The van der Waals surface area contributed by atoms with Gasteiger partial charge in [0.05, 0.1) is 16.8 Å². The van der Waals surface area contributed by atoms with Crippen LogP contribution in [0.1, 0.15) is 21.7 Å². The Kier molecular flexibility index (Phi) is 3.96. The number of rotatable bonds is 5. The maximum Gasteiger partial charge on any atom is 0.337 e. The zero-order valence-corrected chi connectivity index (χ0v) is 12.1. The number of hydrogen-bond donors (Lipinski definition) is 1. The molecule has 0 atom stereocenters. The van der Waals surface area contributed by atoms with Gasteiger partial charge in [-0.15, -0.1) is 0 Å². The molecule has 0 fully saturated rings. The van der Waals surface area contributed by atoms with Crippen molar-refractivity contribution in [3.05, 3.63) is 53.8 Å². The molecule has 1 N–H and O–H groups in total. The van der Waals surface area contributed by atoms with Crippen molar-refractivity contribution in [2.45, 2.75) is 13.5 Å². The summed E-state index contributed by atoms with van der Waals surface area (Å²) in [5, 5.41) is 12.8. The summed E-state index contributed by atoms with van der Waals surface area (Å²) < 4.78 is 10.8. The van der Waals surface area contributed by atoms with Crippen molar-refractivity contribution in [1.82, 2.24) is 20.1 Å². The van der Waals surface area contributed by atoms with Gasteiger partial charge in [0.1, 0.15) is 24.4 Å². The van der Waals surface area contributed by atoms with E-state index in [4.69, 9.17) is 14.4 Å². The molecule has 0 aromatic carbocycles. The summed E-state index contributed by atoms with van der Waals surface area (Å²) in [7, 11) is 0. The molecule has 0 spiro atoms. The normalized spacial score (nSPS) is 10.5. The van der Waals surface area contributed by atoms with E-state index >= 15 is 0 Å². The Morgan fingerprint density at radius 3 is 2.83 bits per heavy atom. The van der Waals surface area contributed by atoms with Crippen molar-refractivity contribution in [2.24, 2.45) is 0 Å². The summed E-state index contributed by atoms with van der Waals surface area (Å²) >= 11 is 0. The van der Waals surface area contributed by atoms with Crippen molar-refractivity contribution < 1.29 is 19.2 Å². The van der Waals surface area contributed by atoms with Gasteiger partial charge >= 0.3 is 5.97 Å². The Labute approximate surface area is 130 Å². The Morgan fingerprint density at radius 2 is 2.17 bits per heavy atom. The van der Waals surface area contributed by atoms with Crippen LogP contribution in [0.15, 0.2) is 41.4 Å². The van der Waals surface area contributed by atoms with E-state index in [0.717, 1.165) is 5.56 Å². The van der Waals surface area contributed by atoms with E-state index in [0.29, 0.717) is 23.0 Å². The third-order valence-corrected chi connectivity index (χ3v) is 3.16. The lowest BCUT2D eigenvalue weighted by molar-refractivity contribution is 0.0696. The summed E-state index contributed by atoms with van der Waals surface area (Å²) in [6, 6.07) is 4.65. The largest absolute Gasteiger partial charge is 0.478 e. The van der Waals surface area contributed by atoms with Crippen LogP contribution in [0.3, 0.4) is 0 Å². The molecule has 0 saturated carbocycles. The minimum absolute atomic E-state index is 0.0974. The Hall–Kier alpha value is -3.29. The van der Waals surface area contributed by atoms with Crippen molar-refractivity contribution >= 4 is 5.97 Å². The summed E-state index contributed by atoms with van der Waals surface area (Å²) in [5.74, 6) is -0.116. The van der Waals surface area contributed by atoms with Crippen LogP contribution in [0.5, 0.6) is 5.88 Å². The number of nitrogens with zero attached hydrogens (tertiary/aromatic N) is 4. The van der Waals surface area contributed by atoms with Gasteiger partial charge < -0.3 is 14.4 Å². The fraction of sp³-hybridized carbons (Fsp3) is 0.133. The topological polar surface area (TPSA) is 111 Å². The number of aromatic nitrogens is 4. The molecule has 8 nitrogen and oxygen atoms in total. The number of carboxylic acid groups (broad SMARTS) is 1. The second-order valence-corrected chi connectivity index (χ2v) is 4.64. The molecule has 23 heavy (non-hydrogen) atoms. The molecule has 3 heterocycles. The van der Waals surface area contributed by atoms with Crippen LogP contribution in [-0.4, -0.2) is 31.2 Å². The van der Waals surface area contributed by atoms with Crippen LogP contribution in [0.4, 0.5) is 0 Å². The molecule has 3 aromatic rings. The van der Waals surface area contributed by atoms with Crippen LogP contribution in [0.25, 0.3) is 11.4 Å². The van der Waals surface area contributed by atoms with Gasteiger partial charge in [-0.2, -0.15) is 0 Å². The smallest absolute Gasteiger partial charge is 0.337 e. The van der Waals surface area contributed by atoms with E-state index in [1.165, 1.54) is 24.7 Å². The predicted octanol–water partition coefficient (Wildman–Crippen LogP) is 2.11. The molecular weight excluding hydrogens is 300 g/mol. The summed E-state index contributed by atoms with van der Waals surface area (Å²) in [6.45, 7) is 1.95. The molecule has 3 rings (SSSR count). The summed E-state index contributed by atoms with van der Waals surface area (Å²) in [5.41, 5.74) is 2.05. The Bertz CT molecular complexity index is 815. The Morgan fingerprint density at radius 1 is 1.30 bits per heavy atom. The molecule has 0 aliphatic rings. The zero-order chi connectivity index (χ0) is 16.2. The van der Waals surface area contributed by atoms with Gasteiger partial charge in [0, 0.05) is 18.5 Å². The van der Waals surface area contributed by atoms with Gasteiger partial charge in [-0.05, 0) is 19.1 Å². The maximum atomic E-state index is 10.8. The number of aromatic carboxylic acids is 1. The highest BCUT2D eigenvalue weighted by Crippen LogP contribution is 2.24. The lowest BCUT2D eigenvalue weighted by atomic mass is 10.1. The van der Waals surface area contributed by atoms with Crippen LogP contribution in [-0.2, 0) is 6.61 Å². The number of carboxylic acids is 1. The van der Waals surface area contributed by atoms with Gasteiger partial charge in [-0.3, -0.25) is 0 Å². The second-order valence-electron chi connectivity index (χ2n) is 4.64. The molecule has 116 valence electrons. The molecule has 0 saturated heterocycles. The number of carbonyl (C=O) groups is 1. The number of aryl methyl sites for hydroxylation is 1. The molecular formula is C15H12N4O4. The maximum absolute atomic E-state index is 10.8. The highest BCUT2D eigenvalue weighted by molar-refractivity contribution is 5.87. The fourth-order valence-electron chi connectivity index (χ4n) is 1.93. The molecule has 0 amide bonds. The molecule has 0 bridgehead atoms. The molecule has 0 aliphatic carbocycles. The first-order valence-electron chi connectivity index (χ1n) is 6.69. The van der Waals surface area contributed by atoms with E-state index < -0.39 is 5.97 Å². The minimum Gasteiger partial charge on any atom is -0.478 e. The van der Waals surface area contributed by atoms with Gasteiger partial charge in [0.2, 0.25) is 5.88 Å². The summed E-state index contributed by atoms with van der Waals surface area (Å²) in [6.07, 6.45) is 4.28. The second kappa shape index (κ2) is 6.22. The quantitative estimate of drug-likeness (QED) is 0.762. The molecule has 0 aliphatic heterocycles. The van der Waals surface area contributed by atoms with Gasteiger partial charge in [0.25, 0.3) is 0 Å². The number of hydrogen-bond acceptors (Lipinski definition) is 7. The standard InChI is InChI=1S/C15H12N4O4/c1-9-11(14(19-23-9)12-4-5-16-8-18-12)7-22-13-3-2-10(6-17-13)15(20)21/h2-6,8H,7H2,1H3,(H,20,21). The zero-order valence-electron chi connectivity index (χ0n) is 12.1. The van der Waals surface area contributed by atoms with E-state index in [1.807, 2.05) is 0 Å². The minimum atomic E-state index is -1.04. The van der Waals surface area contributed by atoms with E-state index in [9.17, 15) is 4.79 Å². The van der Waals surface area contributed by atoms with Crippen molar-refractivity contribution in [1.29, 1.82) is 0 Å². The average molecular weight is 312 g/mol. The van der Waals surface area contributed by atoms with E-state index in [2.05, 4.69) is 20.1 Å². The van der Waals surface area contributed by atoms with Gasteiger partial charge in [0.15, 0.2) is 0 Å². The van der Waals surface area contributed by atoms with E-state index in [-0.39, 0.29) is 12.2 Å². The van der Waals surface area contributed by atoms with Crippen LogP contribution >= 0.6 is 0 Å². The lowest BCUT2D eigenvalue weighted by Gasteiger charge is -2.05. The van der Waals surface area contributed by atoms with Crippen LogP contribution < -0.4 is 4.74 Å². The Balaban J connectivity index is 1.78. The highest BCUT2D eigenvalue weighted by atomic mass is 16.5. The monoisotopic (exact) mass is 312 g/mol. The van der Waals surface area contributed by atoms with Gasteiger partial charge in [-0.25, -0.2) is 19.7 Å². The highest BCUT2D eigenvalue weighted by Gasteiger charge is 2.16. The third-order valence-electron chi connectivity index (χ3n) is 3.16. The number of pyridine rings is 1. The first kappa shape index (κ1) is 14.6. The predicted molar refractivity (Wildman–Crippen MR) is 77.8 cm³/mol. The van der Waals surface area contributed by atoms with Crippen molar-refractivity contribution in [2.75, 3.05) is 0 Å². The van der Waals surface area contributed by atoms with Crippen LogP contribution in [0, 0.1) is 6.92 Å². The van der Waals surface area contributed by atoms with Gasteiger partial charge in [-0.1, -0.05) is 5.16 Å². The van der Waals surface area contributed by atoms with Crippen LogP contribution in [0.2, 0.25) is 0 Å². The fourth-order valence-corrected chi connectivity index (χ4v) is 1.93. The summed E-state index contributed by atoms with van der Waals surface area (Å²) in [4.78, 5) is 22.7. The third kappa shape index (κ3) is 3.15. The first-order chi connectivity index (χ1) is 11.1. The SMILES string of the molecule is Cc1onc(-c2ccncn2)c1COc1ccc(C(=O)O)cn1.